The highest BCUT2D eigenvalue weighted by molar-refractivity contribution is 5.82. The molecule has 1 aromatic heterocycles. The first-order valence-electron chi connectivity index (χ1n) is 6.92. The highest BCUT2D eigenvalue weighted by atomic mass is 16.3. The van der Waals surface area contributed by atoms with Gasteiger partial charge >= 0.3 is 0 Å². The van der Waals surface area contributed by atoms with Crippen LogP contribution in [0, 0.1) is 5.41 Å². The molecule has 19 heavy (non-hydrogen) atoms. The Bertz CT molecular complexity index is 527. The molecule has 1 heterocycles. The van der Waals surface area contributed by atoms with Crippen molar-refractivity contribution in [2.45, 2.75) is 26.7 Å². The summed E-state index contributed by atoms with van der Waals surface area (Å²) < 4.78 is 0. The van der Waals surface area contributed by atoms with Crippen molar-refractivity contribution in [3.63, 3.8) is 0 Å². The van der Waals surface area contributed by atoms with Crippen LogP contribution in [0.15, 0.2) is 36.5 Å². The lowest BCUT2D eigenvalue weighted by Crippen LogP contribution is -2.32. The SMILES string of the molecule is CCC(CC)(CO)CNc1ccc2ncccc2c1. The van der Waals surface area contributed by atoms with Crippen molar-refractivity contribution in [3.05, 3.63) is 36.5 Å². The molecular weight excluding hydrogens is 236 g/mol. The van der Waals surface area contributed by atoms with E-state index in [-0.39, 0.29) is 12.0 Å². The van der Waals surface area contributed by atoms with Crippen molar-refractivity contribution in [2.75, 3.05) is 18.5 Å². The van der Waals surface area contributed by atoms with Gasteiger partial charge in [0.2, 0.25) is 0 Å². The average Bonchev–Trinajstić information content (AvgIpc) is 2.49. The Kier molecular flexibility index (Phi) is 4.38. The predicted octanol–water partition coefficient (Wildman–Crippen LogP) is 3.45. The molecule has 0 unspecified atom stereocenters. The summed E-state index contributed by atoms with van der Waals surface area (Å²) in [4.78, 5) is 4.31. The van der Waals surface area contributed by atoms with Gasteiger partial charge in [-0.25, -0.2) is 0 Å². The topological polar surface area (TPSA) is 45.1 Å². The summed E-state index contributed by atoms with van der Waals surface area (Å²) >= 11 is 0. The number of aliphatic hydroxyl groups is 1. The number of nitrogens with one attached hydrogen (secondary N) is 1. The number of rotatable bonds is 6. The number of hydrogen-bond donors (Lipinski definition) is 2. The first-order valence-corrected chi connectivity index (χ1v) is 6.92. The van der Waals surface area contributed by atoms with Crippen LogP contribution < -0.4 is 5.32 Å². The lowest BCUT2D eigenvalue weighted by molar-refractivity contribution is 0.127. The molecular formula is C16H22N2O. The Hall–Kier alpha value is -1.61. The smallest absolute Gasteiger partial charge is 0.0703 e. The van der Waals surface area contributed by atoms with Gasteiger partial charge in [-0.3, -0.25) is 4.98 Å². The molecule has 2 rings (SSSR count). The van der Waals surface area contributed by atoms with E-state index in [0.29, 0.717) is 0 Å². The normalized spacial score (nSPS) is 11.7. The Morgan fingerprint density at radius 1 is 1.21 bits per heavy atom. The minimum absolute atomic E-state index is 0.0239. The van der Waals surface area contributed by atoms with Crippen LogP contribution in [0.3, 0.4) is 0 Å². The summed E-state index contributed by atoms with van der Waals surface area (Å²) in [5, 5.41) is 14.2. The molecule has 3 nitrogen and oxygen atoms in total. The zero-order chi connectivity index (χ0) is 13.7. The molecule has 0 aliphatic carbocycles. The zero-order valence-electron chi connectivity index (χ0n) is 11.7. The highest BCUT2D eigenvalue weighted by Gasteiger charge is 2.24. The highest BCUT2D eigenvalue weighted by Crippen LogP contribution is 2.26. The number of anilines is 1. The Morgan fingerprint density at radius 2 is 2.00 bits per heavy atom. The molecule has 3 heteroatoms. The van der Waals surface area contributed by atoms with E-state index in [0.717, 1.165) is 36.0 Å². The number of nitrogens with zero attached hydrogens (tertiary/aromatic N) is 1. The fourth-order valence-corrected chi connectivity index (χ4v) is 2.25. The van der Waals surface area contributed by atoms with E-state index in [2.05, 4.69) is 36.3 Å². The quantitative estimate of drug-likeness (QED) is 0.834. The van der Waals surface area contributed by atoms with Gasteiger partial charge in [-0.05, 0) is 37.1 Å². The van der Waals surface area contributed by atoms with Crippen molar-refractivity contribution in [1.29, 1.82) is 0 Å². The lowest BCUT2D eigenvalue weighted by Gasteiger charge is -2.30. The van der Waals surface area contributed by atoms with E-state index < -0.39 is 0 Å². The fraction of sp³-hybridized carbons (Fsp3) is 0.438. The third-order valence-corrected chi connectivity index (χ3v) is 4.11. The van der Waals surface area contributed by atoms with Crippen LogP contribution in [0.25, 0.3) is 10.9 Å². The Balaban J connectivity index is 2.13. The minimum Gasteiger partial charge on any atom is -0.396 e. The molecule has 0 bridgehead atoms. The molecule has 0 amide bonds. The number of fused-ring (bicyclic) bond motifs is 1. The molecule has 0 spiro atoms. The molecule has 0 saturated carbocycles. The van der Waals surface area contributed by atoms with E-state index in [4.69, 9.17) is 0 Å². The number of benzene rings is 1. The van der Waals surface area contributed by atoms with Crippen molar-refractivity contribution in [3.8, 4) is 0 Å². The van der Waals surface area contributed by atoms with Crippen LogP contribution >= 0.6 is 0 Å². The van der Waals surface area contributed by atoms with Crippen LogP contribution in [-0.4, -0.2) is 23.2 Å². The van der Waals surface area contributed by atoms with E-state index in [1.807, 2.05) is 18.2 Å². The van der Waals surface area contributed by atoms with E-state index >= 15 is 0 Å². The Labute approximate surface area is 114 Å². The molecule has 0 aliphatic heterocycles. The predicted molar refractivity (Wildman–Crippen MR) is 80.3 cm³/mol. The van der Waals surface area contributed by atoms with Gasteiger partial charge in [-0.2, -0.15) is 0 Å². The van der Waals surface area contributed by atoms with Gasteiger partial charge in [-0.15, -0.1) is 0 Å². The summed E-state index contributed by atoms with van der Waals surface area (Å²) in [6.07, 6.45) is 3.75. The minimum atomic E-state index is -0.0239. The maximum absolute atomic E-state index is 9.58. The second-order valence-corrected chi connectivity index (χ2v) is 5.13. The number of aromatic nitrogens is 1. The van der Waals surface area contributed by atoms with Gasteiger partial charge in [0.05, 0.1) is 12.1 Å². The Morgan fingerprint density at radius 3 is 2.68 bits per heavy atom. The fourth-order valence-electron chi connectivity index (χ4n) is 2.25. The average molecular weight is 258 g/mol. The van der Waals surface area contributed by atoms with Crippen LogP contribution in [0.2, 0.25) is 0 Å². The second kappa shape index (κ2) is 6.02. The zero-order valence-corrected chi connectivity index (χ0v) is 11.7. The van der Waals surface area contributed by atoms with Gasteiger partial charge in [-0.1, -0.05) is 19.9 Å². The van der Waals surface area contributed by atoms with Crippen molar-refractivity contribution < 1.29 is 5.11 Å². The standard InChI is InChI=1S/C16H22N2O/c1-3-16(4-2,12-19)11-18-14-7-8-15-13(10-14)6-5-9-17-15/h5-10,18-19H,3-4,11-12H2,1-2H3. The van der Waals surface area contributed by atoms with Crippen LogP contribution in [0.5, 0.6) is 0 Å². The molecule has 2 aromatic rings. The van der Waals surface area contributed by atoms with Crippen molar-refractivity contribution >= 4 is 16.6 Å². The monoisotopic (exact) mass is 258 g/mol. The first kappa shape index (κ1) is 13.8. The van der Waals surface area contributed by atoms with Gasteiger partial charge in [0, 0.05) is 29.2 Å². The van der Waals surface area contributed by atoms with Gasteiger partial charge in [0.15, 0.2) is 0 Å². The van der Waals surface area contributed by atoms with Gasteiger partial charge in [0.1, 0.15) is 0 Å². The third-order valence-electron chi connectivity index (χ3n) is 4.11. The van der Waals surface area contributed by atoms with E-state index in [9.17, 15) is 5.11 Å². The molecule has 0 saturated heterocycles. The van der Waals surface area contributed by atoms with Crippen LogP contribution in [-0.2, 0) is 0 Å². The molecule has 1 aromatic carbocycles. The van der Waals surface area contributed by atoms with E-state index in [1.165, 1.54) is 0 Å². The molecule has 102 valence electrons. The van der Waals surface area contributed by atoms with Gasteiger partial charge in [0.25, 0.3) is 0 Å². The molecule has 0 fully saturated rings. The molecule has 0 radical (unpaired) electrons. The summed E-state index contributed by atoms with van der Waals surface area (Å²) in [6, 6.07) is 10.2. The number of hydrogen-bond acceptors (Lipinski definition) is 3. The molecule has 0 atom stereocenters. The number of aliphatic hydroxyl groups excluding tert-OH is 1. The summed E-state index contributed by atoms with van der Waals surface area (Å²) in [5.41, 5.74) is 2.07. The van der Waals surface area contributed by atoms with Crippen molar-refractivity contribution in [1.82, 2.24) is 4.98 Å². The first-order chi connectivity index (χ1) is 9.23. The molecule has 2 N–H and O–H groups in total. The maximum Gasteiger partial charge on any atom is 0.0703 e. The second-order valence-electron chi connectivity index (χ2n) is 5.13. The summed E-state index contributed by atoms with van der Waals surface area (Å²) in [6.45, 7) is 5.28. The largest absolute Gasteiger partial charge is 0.396 e. The van der Waals surface area contributed by atoms with Crippen LogP contribution in [0.1, 0.15) is 26.7 Å². The van der Waals surface area contributed by atoms with Crippen LogP contribution in [0.4, 0.5) is 5.69 Å². The van der Waals surface area contributed by atoms with E-state index in [1.54, 1.807) is 6.20 Å². The lowest BCUT2D eigenvalue weighted by atomic mass is 9.83. The summed E-state index contributed by atoms with van der Waals surface area (Å²) in [5.74, 6) is 0. The van der Waals surface area contributed by atoms with Crippen molar-refractivity contribution in [2.24, 2.45) is 5.41 Å². The summed E-state index contributed by atoms with van der Waals surface area (Å²) in [7, 11) is 0. The van der Waals surface area contributed by atoms with Gasteiger partial charge < -0.3 is 10.4 Å². The number of pyridine rings is 1. The molecule has 0 aliphatic rings. The third kappa shape index (κ3) is 3.04. The maximum atomic E-state index is 9.58.